The zero-order chi connectivity index (χ0) is 15.9. The molecule has 0 aromatic carbocycles. The molecule has 4 N–H and O–H groups in total. The normalized spacial score (nSPS) is 29.4. The number of nitrogens with two attached hydrogens (primary N) is 2. The van der Waals surface area contributed by atoms with Crippen LogP contribution in [0, 0.1) is 0 Å². The van der Waals surface area contributed by atoms with Crippen molar-refractivity contribution in [3.63, 3.8) is 0 Å². The average molecular weight is 316 g/mol. The quantitative estimate of drug-likeness (QED) is 0.876. The molecule has 0 bridgehead atoms. The highest BCUT2D eigenvalue weighted by Gasteiger charge is 2.42. The second-order valence-corrected chi connectivity index (χ2v) is 7.72. The summed E-state index contributed by atoms with van der Waals surface area (Å²) in [6.45, 7) is 0. The van der Waals surface area contributed by atoms with Crippen LogP contribution in [-0.2, 0) is 11.8 Å². The molecule has 126 valence electrons. The van der Waals surface area contributed by atoms with Crippen LogP contribution >= 0.6 is 0 Å². The lowest BCUT2D eigenvalue weighted by Gasteiger charge is -2.36. The highest BCUT2D eigenvalue weighted by molar-refractivity contribution is 5.42. The fraction of sp³-hybridized carbons (Fsp3) is 0.778. The van der Waals surface area contributed by atoms with Crippen molar-refractivity contribution >= 4 is 5.95 Å². The Hall–Kier alpha value is -1.36. The zero-order valence-corrected chi connectivity index (χ0v) is 13.9. The van der Waals surface area contributed by atoms with Crippen LogP contribution in [0.3, 0.4) is 0 Å². The zero-order valence-electron chi connectivity index (χ0n) is 13.9. The maximum atomic E-state index is 6.30. The van der Waals surface area contributed by atoms with Crippen LogP contribution in [0.25, 0.3) is 0 Å². The van der Waals surface area contributed by atoms with Gasteiger partial charge in [0.2, 0.25) is 11.8 Å². The maximum absolute atomic E-state index is 6.30. The van der Waals surface area contributed by atoms with Gasteiger partial charge in [0.25, 0.3) is 0 Å². The molecule has 2 fully saturated rings. The highest BCUT2D eigenvalue weighted by Crippen LogP contribution is 2.49. The number of nitrogens with zero attached hydrogens (tertiary/aromatic N) is 2. The summed E-state index contributed by atoms with van der Waals surface area (Å²) >= 11 is 0. The van der Waals surface area contributed by atoms with E-state index >= 15 is 0 Å². The van der Waals surface area contributed by atoms with Gasteiger partial charge in [0.15, 0.2) is 0 Å². The third-order valence-corrected chi connectivity index (χ3v) is 6.08. The number of anilines is 1. The van der Waals surface area contributed by atoms with E-state index in [1.165, 1.54) is 49.8 Å². The molecule has 0 radical (unpaired) electrons. The molecule has 2 atom stereocenters. The lowest BCUT2D eigenvalue weighted by molar-refractivity contribution is 0.136. The summed E-state index contributed by atoms with van der Waals surface area (Å²) in [6, 6.07) is 0.255. The third-order valence-electron chi connectivity index (χ3n) is 6.08. The van der Waals surface area contributed by atoms with E-state index in [2.05, 4.69) is 9.97 Å². The Labute approximate surface area is 138 Å². The van der Waals surface area contributed by atoms with Gasteiger partial charge in [-0.05, 0) is 57.8 Å². The van der Waals surface area contributed by atoms with E-state index < -0.39 is 0 Å². The molecule has 1 aromatic heterocycles. The Balaban J connectivity index is 1.66. The van der Waals surface area contributed by atoms with E-state index in [1.54, 1.807) is 0 Å². The second-order valence-electron chi connectivity index (χ2n) is 7.72. The van der Waals surface area contributed by atoms with Gasteiger partial charge in [0, 0.05) is 17.0 Å². The minimum atomic E-state index is 0.179. The van der Waals surface area contributed by atoms with E-state index in [4.69, 9.17) is 16.2 Å². The summed E-state index contributed by atoms with van der Waals surface area (Å²) in [5, 5.41) is 0. The van der Waals surface area contributed by atoms with E-state index in [0.29, 0.717) is 5.95 Å². The molecule has 23 heavy (non-hydrogen) atoms. The molecular formula is C18H28N4O. The smallest absolute Gasteiger partial charge is 0.223 e. The summed E-state index contributed by atoms with van der Waals surface area (Å²) in [5.41, 5.74) is 14.8. The largest absolute Gasteiger partial charge is 0.474 e. The van der Waals surface area contributed by atoms with Crippen molar-refractivity contribution in [2.45, 2.75) is 88.2 Å². The topological polar surface area (TPSA) is 87.0 Å². The van der Waals surface area contributed by atoms with Crippen LogP contribution in [0.5, 0.6) is 5.88 Å². The fourth-order valence-electron chi connectivity index (χ4n) is 4.95. The first-order valence-corrected chi connectivity index (χ1v) is 9.25. The van der Waals surface area contributed by atoms with E-state index in [0.717, 1.165) is 38.0 Å². The van der Waals surface area contributed by atoms with Crippen molar-refractivity contribution in [1.29, 1.82) is 0 Å². The van der Waals surface area contributed by atoms with Crippen LogP contribution in [-0.4, -0.2) is 22.1 Å². The number of hydrogen-bond donors (Lipinski definition) is 2. The van der Waals surface area contributed by atoms with Gasteiger partial charge in [-0.25, -0.2) is 4.98 Å². The summed E-state index contributed by atoms with van der Waals surface area (Å²) in [5.74, 6) is 1.12. The first-order chi connectivity index (χ1) is 11.2. The van der Waals surface area contributed by atoms with Crippen molar-refractivity contribution < 1.29 is 4.74 Å². The van der Waals surface area contributed by atoms with E-state index in [9.17, 15) is 0 Å². The van der Waals surface area contributed by atoms with Gasteiger partial charge in [-0.2, -0.15) is 4.98 Å². The molecule has 3 aliphatic rings. The summed E-state index contributed by atoms with van der Waals surface area (Å²) in [4.78, 5) is 9.14. The molecule has 0 aliphatic heterocycles. The van der Waals surface area contributed by atoms with Crippen LogP contribution in [0.15, 0.2) is 0 Å². The van der Waals surface area contributed by atoms with Gasteiger partial charge in [0.05, 0.1) is 5.69 Å². The summed E-state index contributed by atoms with van der Waals surface area (Å²) < 4.78 is 6.30. The molecule has 4 rings (SSSR count). The first kappa shape index (κ1) is 15.2. The lowest BCUT2D eigenvalue weighted by Crippen LogP contribution is -2.35. The first-order valence-electron chi connectivity index (χ1n) is 9.25. The van der Waals surface area contributed by atoms with Crippen molar-refractivity contribution in [2.75, 3.05) is 5.73 Å². The Kier molecular flexibility index (Phi) is 3.92. The molecular weight excluding hydrogens is 288 g/mol. The SMILES string of the molecule is Nc1nc(OC2CCCC(N)C2)c2c(n1)C1(CCCC1)CCC2. The predicted molar refractivity (Wildman–Crippen MR) is 90.4 cm³/mol. The van der Waals surface area contributed by atoms with Gasteiger partial charge >= 0.3 is 0 Å². The van der Waals surface area contributed by atoms with Crippen LogP contribution in [0.2, 0.25) is 0 Å². The maximum Gasteiger partial charge on any atom is 0.223 e. The molecule has 1 heterocycles. The minimum Gasteiger partial charge on any atom is -0.474 e. The Bertz CT molecular complexity index is 583. The van der Waals surface area contributed by atoms with Gasteiger partial charge in [0.1, 0.15) is 6.10 Å². The lowest BCUT2D eigenvalue weighted by atomic mass is 9.72. The molecule has 5 nitrogen and oxygen atoms in total. The summed E-state index contributed by atoms with van der Waals surface area (Å²) in [6.07, 6.45) is 13.0. The van der Waals surface area contributed by atoms with E-state index in [-0.39, 0.29) is 17.6 Å². The second kappa shape index (κ2) is 5.93. The number of nitrogen functional groups attached to an aromatic ring is 1. The van der Waals surface area contributed by atoms with Crippen LogP contribution in [0.1, 0.15) is 75.5 Å². The number of hydrogen-bond acceptors (Lipinski definition) is 5. The van der Waals surface area contributed by atoms with Crippen molar-refractivity contribution in [1.82, 2.24) is 9.97 Å². The molecule has 1 aromatic rings. The molecule has 3 aliphatic carbocycles. The van der Waals surface area contributed by atoms with Crippen molar-refractivity contribution in [3.05, 3.63) is 11.3 Å². The number of ether oxygens (including phenoxy) is 1. The minimum absolute atomic E-state index is 0.179. The number of rotatable bonds is 2. The van der Waals surface area contributed by atoms with Gasteiger partial charge in [-0.3, -0.25) is 0 Å². The average Bonchev–Trinajstić information content (AvgIpc) is 2.98. The fourth-order valence-corrected chi connectivity index (χ4v) is 4.95. The third kappa shape index (κ3) is 2.80. The predicted octanol–water partition coefficient (Wildman–Crippen LogP) is 2.86. The molecule has 0 saturated heterocycles. The Morgan fingerprint density at radius 3 is 2.57 bits per heavy atom. The Morgan fingerprint density at radius 2 is 1.78 bits per heavy atom. The van der Waals surface area contributed by atoms with Gasteiger partial charge in [-0.1, -0.05) is 12.8 Å². The molecule has 5 heteroatoms. The van der Waals surface area contributed by atoms with E-state index in [1.807, 2.05) is 0 Å². The highest BCUT2D eigenvalue weighted by atomic mass is 16.5. The Morgan fingerprint density at radius 1 is 1.00 bits per heavy atom. The summed E-state index contributed by atoms with van der Waals surface area (Å²) in [7, 11) is 0. The standard InChI is InChI=1S/C18H28N4O/c19-12-5-3-6-13(11-12)23-16-14-7-4-10-18(8-1-2-9-18)15(14)21-17(20)22-16/h12-13H,1-11,19H2,(H2,20,21,22). The number of aromatic nitrogens is 2. The number of fused-ring (bicyclic) bond motifs is 2. The van der Waals surface area contributed by atoms with Crippen molar-refractivity contribution in [2.24, 2.45) is 5.73 Å². The van der Waals surface area contributed by atoms with Crippen molar-refractivity contribution in [3.8, 4) is 5.88 Å². The molecule has 1 spiro atoms. The molecule has 2 saturated carbocycles. The molecule has 2 unspecified atom stereocenters. The monoisotopic (exact) mass is 316 g/mol. The van der Waals surface area contributed by atoms with Crippen LogP contribution in [0.4, 0.5) is 5.95 Å². The van der Waals surface area contributed by atoms with Gasteiger partial charge in [-0.15, -0.1) is 0 Å². The van der Waals surface area contributed by atoms with Gasteiger partial charge < -0.3 is 16.2 Å². The van der Waals surface area contributed by atoms with Crippen LogP contribution < -0.4 is 16.2 Å². The molecule has 0 amide bonds.